The number of nitrogens with zero attached hydrogens (tertiary/aromatic N) is 2. The highest BCUT2D eigenvalue weighted by Crippen LogP contribution is 2.24. The molecule has 1 heterocycles. The number of hydrogen-bond donors (Lipinski definition) is 4. The van der Waals surface area contributed by atoms with Gasteiger partial charge in [0.1, 0.15) is 29.1 Å². The minimum absolute atomic E-state index is 0.0536. The first kappa shape index (κ1) is 36.4. The number of carboxylic acids is 1. The van der Waals surface area contributed by atoms with Gasteiger partial charge < -0.3 is 31.1 Å². The molecule has 0 radical (unpaired) electrons. The number of alkyl halides is 2. The Hall–Kier alpha value is -1.62. The van der Waals surface area contributed by atoms with Crippen molar-refractivity contribution in [3.63, 3.8) is 0 Å². The van der Waals surface area contributed by atoms with Crippen LogP contribution in [0.5, 0.6) is 0 Å². The Balaban J connectivity index is 2.94. The average Bonchev–Trinajstić information content (AvgIpc) is 3.40. The second-order valence-electron chi connectivity index (χ2n) is 11.5. The number of carbonyl (C=O) groups excluding carboxylic acids is 3. The normalized spacial score (nSPS) is 19.3. The average molecular weight is 610 g/mol. The van der Waals surface area contributed by atoms with E-state index in [0.717, 1.165) is 25.7 Å². The number of rotatable bonds is 18. The maximum absolute atomic E-state index is 13.7. The smallest absolute Gasteiger partial charge is 0.326 e. The number of carboxylic acid groups (broad SMARTS) is 1. The van der Waals surface area contributed by atoms with Gasteiger partial charge in [-0.15, -0.1) is 23.2 Å². The maximum Gasteiger partial charge on any atom is 0.326 e. The van der Waals surface area contributed by atoms with Crippen LogP contribution >= 0.6 is 23.2 Å². The fraction of sp³-hybridized carbons (Fsp3) is 0.857. The van der Waals surface area contributed by atoms with Crippen molar-refractivity contribution in [2.24, 2.45) is 17.6 Å². The third-order valence-electron chi connectivity index (χ3n) is 7.78. The lowest BCUT2D eigenvalue weighted by molar-refractivity contribution is -0.153. The van der Waals surface area contributed by atoms with E-state index in [1.165, 1.54) is 16.8 Å². The number of aliphatic hydroxyl groups excluding tert-OH is 1. The lowest BCUT2D eigenvalue weighted by Crippen LogP contribution is -2.59. The van der Waals surface area contributed by atoms with Gasteiger partial charge in [0.25, 0.3) is 5.91 Å². The van der Waals surface area contributed by atoms with Crippen LogP contribution in [0.4, 0.5) is 0 Å². The van der Waals surface area contributed by atoms with Gasteiger partial charge in [0.2, 0.25) is 11.8 Å². The fourth-order valence-corrected chi connectivity index (χ4v) is 5.34. The number of unbranched alkanes of at least 4 members (excludes halogenated alkanes) is 3. The van der Waals surface area contributed by atoms with E-state index >= 15 is 0 Å². The summed E-state index contributed by atoms with van der Waals surface area (Å²) in [4.78, 5) is 54.3. The quantitative estimate of drug-likeness (QED) is 0.137. The van der Waals surface area contributed by atoms with Crippen LogP contribution in [-0.4, -0.2) is 92.4 Å². The molecule has 232 valence electrons. The zero-order valence-corrected chi connectivity index (χ0v) is 26.2. The summed E-state index contributed by atoms with van der Waals surface area (Å²) in [6.07, 6.45) is 4.92. The molecule has 6 atom stereocenters. The molecule has 0 bridgehead atoms. The summed E-state index contributed by atoms with van der Waals surface area (Å²) < 4.78 is 0. The molecule has 0 aromatic carbocycles. The predicted molar refractivity (Wildman–Crippen MR) is 157 cm³/mol. The third-order valence-corrected chi connectivity index (χ3v) is 8.21. The molecule has 1 rings (SSSR count). The summed E-state index contributed by atoms with van der Waals surface area (Å²) in [5.41, 5.74) is 6.10. The number of aliphatic hydroxyl groups is 1. The molecule has 5 N–H and O–H groups in total. The van der Waals surface area contributed by atoms with E-state index < -0.39 is 54.0 Å². The van der Waals surface area contributed by atoms with Crippen LogP contribution in [0.25, 0.3) is 0 Å². The Bertz CT molecular complexity index is 831. The van der Waals surface area contributed by atoms with Crippen molar-refractivity contribution in [1.29, 1.82) is 0 Å². The zero-order chi connectivity index (χ0) is 30.6. The van der Waals surface area contributed by atoms with Gasteiger partial charge in [-0.1, -0.05) is 59.8 Å². The predicted octanol–water partition coefficient (Wildman–Crippen LogP) is 3.30. The van der Waals surface area contributed by atoms with Crippen molar-refractivity contribution in [3.8, 4) is 0 Å². The number of nitrogens with one attached hydrogen (secondary N) is 1. The molecule has 1 saturated heterocycles. The molecule has 1 aliphatic rings. The molecule has 0 aromatic heterocycles. The topological polar surface area (TPSA) is 153 Å². The molecule has 0 aromatic rings. The summed E-state index contributed by atoms with van der Waals surface area (Å²) in [6, 6.07) is -3.57. The first-order chi connectivity index (χ1) is 18.7. The Kier molecular flexibility index (Phi) is 16.4. The van der Waals surface area contributed by atoms with E-state index in [4.69, 9.17) is 28.9 Å². The molecule has 3 amide bonds. The summed E-state index contributed by atoms with van der Waals surface area (Å²) in [6.45, 7) is 7.87. The Morgan fingerprint density at radius 3 is 2.20 bits per heavy atom. The lowest BCUT2D eigenvalue weighted by atomic mass is 9.94. The van der Waals surface area contributed by atoms with E-state index in [9.17, 15) is 29.4 Å². The van der Waals surface area contributed by atoms with Crippen LogP contribution in [-0.2, 0) is 19.2 Å². The summed E-state index contributed by atoms with van der Waals surface area (Å²) in [7, 11) is 1.51. The minimum atomic E-state index is -1.49. The molecule has 1 aliphatic heterocycles. The van der Waals surface area contributed by atoms with Crippen molar-refractivity contribution in [3.05, 3.63) is 0 Å². The Morgan fingerprint density at radius 2 is 1.68 bits per heavy atom. The van der Waals surface area contributed by atoms with Crippen LogP contribution in [0.3, 0.4) is 0 Å². The number of nitrogens with two attached hydrogens (primary N) is 1. The van der Waals surface area contributed by atoms with Gasteiger partial charge in [-0.05, 0) is 43.9 Å². The first-order valence-electron chi connectivity index (χ1n) is 14.5. The monoisotopic (exact) mass is 608 g/mol. The molecule has 0 spiro atoms. The number of likely N-dealkylation sites (tertiary alicyclic amines) is 1. The maximum atomic E-state index is 13.7. The van der Waals surface area contributed by atoms with Gasteiger partial charge in [0, 0.05) is 19.6 Å². The van der Waals surface area contributed by atoms with Crippen molar-refractivity contribution in [2.45, 2.75) is 127 Å². The molecule has 1 fully saturated rings. The molecule has 10 nitrogen and oxygen atoms in total. The molecule has 0 unspecified atom stereocenters. The third kappa shape index (κ3) is 11.3. The minimum Gasteiger partial charge on any atom is -0.480 e. The van der Waals surface area contributed by atoms with E-state index in [2.05, 4.69) is 5.32 Å². The summed E-state index contributed by atoms with van der Waals surface area (Å²) in [5.74, 6) is -2.90. The Labute approximate surface area is 249 Å². The number of hydrogen-bond acceptors (Lipinski definition) is 6. The van der Waals surface area contributed by atoms with Crippen molar-refractivity contribution in [2.75, 3.05) is 13.6 Å². The van der Waals surface area contributed by atoms with Crippen LogP contribution in [0, 0.1) is 11.8 Å². The molecule has 0 aliphatic carbocycles. The largest absolute Gasteiger partial charge is 0.480 e. The second-order valence-corrected chi connectivity index (χ2v) is 12.8. The first-order valence-corrected chi connectivity index (χ1v) is 15.4. The number of amides is 3. The number of carbonyl (C=O) groups is 4. The van der Waals surface area contributed by atoms with E-state index in [1.54, 1.807) is 0 Å². The standard InChI is InChI=1S/C28H50Cl2N4O6/c1-6-18(4)23(32-25(36)24(35)19(31)12-9-7-8-10-14-22(29)30)27(38)33(5)21(16-17(2)3)26(37)34-15-11-13-20(34)28(39)40/h17-24,35H,6-16,31H2,1-5H3,(H,32,36)(H,39,40)/t18-,19+,20-,21-,23-,24+/m0/s1. The van der Waals surface area contributed by atoms with Crippen molar-refractivity contribution < 1.29 is 29.4 Å². The number of likely N-dealkylation sites (N-methyl/N-ethyl adjacent to an activating group) is 1. The summed E-state index contributed by atoms with van der Waals surface area (Å²) >= 11 is 11.5. The van der Waals surface area contributed by atoms with Gasteiger partial charge in [-0.25, -0.2) is 4.79 Å². The van der Waals surface area contributed by atoms with Gasteiger partial charge in [-0.3, -0.25) is 14.4 Å². The molecule has 40 heavy (non-hydrogen) atoms. The van der Waals surface area contributed by atoms with Crippen LogP contribution < -0.4 is 11.1 Å². The van der Waals surface area contributed by atoms with E-state index in [1.807, 2.05) is 27.7 Å². The second kappa shape index (κ2) is 18.0. The van der Waals surface area contributed by atoms with E-state index in [-0.39, 0.29) is 16.7 Å². The van der Waals surface area contributed by atoms with Crippen molar-refractivity contribution in [1.82, 2.24) is 15.1 Å². The fourth-order valence-electron chi connectivity index (χ4n) is 5.03. The SMILES string of the molecule is CC[C@H](C)[C@H](NC(=O)[C@H](O)[C@H](N)CCCCCCC(Cl)Cl)C(=O)N(C)[C@@H](CC(C)C)C(=O)N1CCC[C@H]1C(=O)O. The van der Waals surface area contributed by atoms with Gasteiger partial charge >= 0.3 is 5.97 Å². The number of halogens is 2. The Morgan fingerprint density at radius 1 is 1.07 bits per heavy atom. The molecular weight excluding hydrogens is 559 g/mol. The van der Waals surface area contributed by atoms with Crippen LogP contribution in [0.2, 0.25) is 0 Å². The van der Waals surface area contributed by atoms with Crippen LogP contribution in [0.1, 0.15) is 91.9 Å². The highest BCUT2D eigenvalue weighted by molar-refractivity contribution is 6.44. The van der Waals surface area contributed by atoms with Gasteiger partial charge in [-0.2, -0.15) is 0 Å². The van der Waals surface area contributed by atoms with Crippen molar-refractivity contribution >= 4 is 46.9 Å². The summed E-state index contributed by atoms with van der Waals surface area (Å²) in [5, 5.41) is 22.9. The van der Waals surface area contributed by atoms with Gasteiger partial charge in [0.05, 0.1) is 0 Å². The number of aliphatic carboxylic acids is 1. The zero-order valence-electron chi connectivity index (χ0n) is 24.7. The molecule has 0 saturated carbocycles. The molecular formula is C28H50Cl2N4O6. The van der Waals surface area contributed by atoms with E-state index in [0.29, 0.717) is 45.1 Å². The highest BCUT2D eigenvalue weighted by Gasteiger charge is 2.41. The van der Waals surface area contributed by atoms with Crippen LogP contribution in [0.15, 0.2) is 0 Å². The van der Waals surface area contributed by atoms with Gasteiger partial charge in [0.15, 0.2) is 0 Å². The molecule has 12 heteroatoms. The lowest BCUT2D eigenvalue weighted by Gasteiger charge is -2.36. The highest BCUT2D eigenvalue weighted by atomic mass is 35.5.